The lowest BCUT2D eigenvalue weighted by molar-refractivity contribution is -0.120. The summed E-state index contributed by atoms with van der Waals surface area (Å²) >= 11 is 1.46. The molecule has 0 bridgehead atoms. The predicted molar refractivity (Wildman–Crippen MR) is 105 cm³/mol. The van der Waals surface area contributed by atoms with Crippen molar-refractivity contribution in [3.63, 3.8) is 0 Å². The minimum atomic E-state index is -0.157. The lowest BCUT2D eigenvalue weighted by Crippen LogP contribution is -2.31. The van der Waals surface area contributed by atoms with Gasteiger partial charge in [0, 0.05) is 42.4 Å². The quantitative estimate of drug-likeness (QED) is 0.626. The monoisotopic (exact) mass is 383 g/mol. The van der Waals surface area contributed by atoms with Crippen molar-refractivity contribution in [2.24, 2.45) is 0 Å². The van der Waals surface area contributed by atoms with E-state index in [-0.39, 0.29) is 18.2 Å². The Morgan fingerprint density at radius 3 is 2.67 bits per heavy atom. The van der Waals surface area contributed by atoms with Gasteiger partial charge in [0.25, 0.3) is 5.91 Å². The van der Waals surface area contributed by atoms with Gasteiger partial charge in [-0.1, -0.05) is 17.7 Å². The van der Waals surface area contributed by atoms with Gasteiger partial charge in [-0.3, -0.25) is 9.59 Å². The molecule has 0 aliphatic carbocycles. The summed E-state index contributed by atoms with van der Waals surface area (Å²) in [4.78, 5) is 28.1. The van der Waals surface area contributed by atoms with Crippen molar-refractivity contribution in [2.75, 3.05) is 13.1 Å². The molecule has 7 heteroatoms. The molecule has 0 spiro atoms. The molecule has 0 unspecified atom stereocenters. The topological polar surface area (TPSA) is 84.2 Å². The Morgan fingerprint density at radius 1 is 1.11 bits per heavy atom. The van der Waals surface area contributed by atoms with Crippen LogP contribution in [0, 0.1) is 6.92 Å². The number of carbonyl (C=O) groups excluding carboxylic acids is 2. The molecule has 1 aromatic carbocycles. The first kappa shape index (κ1) is 18.8. The number of amides is 2. The molecule has 2 aromatic heterocycles. The first-order valence-corrected chi connectivity index (χ1v) is 9.64. The molecule has 0 aliphatic heterocycles. The number of rotatable bonds is 8. The Balaban J connectivity index is 1.36. The summed E-state index contributed by atoms with van der Waals surface area (Å²) in [5.41, 5.74) is 3.52. The minimum Gasteiger partial charge on any atom is -0.444 e. The zero-order chi connectivity index (χ0) is 19.1. The van der Waals surface area contributed by atoms with Crippen molar-refractivity contribution < 1.29 is 14.0 Å². The van der Waals surface area contributed by atoms with E-state index in [1.165, 1.54) is 16.9 Å². The summed E-state index contributed by atoms with van der Waals surface area (Å²) in [7, 11) is 0. The van der Waals surface area contributed by atoms with Gasteiger partial charge in [0.05, 0.1) is 5.69 Å². The number of thiophene rings is 1. The van der Waals surface area contributed by atoms with Crippen molar-refractivity contribution in [1.29, 1.82) is 0 Å². The van der Waals surface area contributed by atoms with Gasteiger partial charge in [0.15, 0.2) is 0 Å². The van der Waals surface area contributed by atoms with Crippen molar-refractivity contribution in [2.45, 2.75) is 19.8 Å². The fraction of sp³-hybridized carbons (Fsp3) is 0.250. The number of aryl methyl sites for hydroxylation is 1. The van der Waals surface area contributed by atoms with Crippen LogP contribution in [0.2, 0.25) is 0 Å². The van der Waals surface area contributed by atoms with E-state index in [9.17, 15) is 9.59 Å². The van der Waals surface area contributed by atoms with Crippen LogP contribution in [0.3, 0.4) is 0 Å². The van der Waals surface area contributed by atoms with Gasteiger partial charge in [0.2, 0.25) is 11.8 Å². The van der Waals surface area contributed by atoms with Crippen molar-refractivity contribution in [1.82, 2.24) is 15.6 Å². The minimum absolute atomic E-state index is 0.108. The Bertz CT molecular complexity index is 886. The third-order valence-electron chi connectivity index (χ3n) is 3.97. The van der Waals surface area contributed by atoms with Gasteiger partial charge in [-0.2, -0.15) is 11.3 Å². The molecular weight excluding hydrogens is 362 g/mol. The number of nitrogens with zero attached hydrogens (tertiary/aromatic N) is 1. The second-order valence-corrected chi connectivity index (χ2v) is 6.91. The fourth-order valence-electron chi connectivity index (χ4n) is 2.45. The Morgan fingerprint density at radius 2 is 1.93 bits per heavy atom. The second kappa shape index (κ2) is 9.14. The Hall–Kier alpha value is -2.93. The number of hydrogen-bond donors (Lipinski definition) is 2. The molecule has 27 heavy (non-hydrogen) atoms. The van der Waals surface area contributed by atoms with E-state index in [0.717, 1.165) is 11.3 Å². The summed E-state index contributed by atoms with van der Waals surface area (Å²) in [5.74, 6) is 0.311. The van der Waals surface area contributed by atoms with E-state index in [0.29, 0.717) is 31.0 Å². The van der Waals surface area contributed by atoms with Gasteiger partial charge >= 0.3 is 0 Å². The van der Waals surface area contributed by atoms with Crippen molar-refractivity contribution >= 4 is 23.2 Å². The van der Waals surface area contributed by atoms with E-state index < -0.39 is 0 Å². The van der Waals surface area contributed by atoms with Crippen LogP contribution in [0.5, 0.6) is 0 Å². The first-order valence-electron chi connectivity index (χ1n) is 8.70. The average Bonchev–Trinajstić information content (AvgIpc) is 3.34. The number of nitrogens with one attached hydrogen (secondary N) is 2. The fourth-order valence-corrected chi connectivity index (χ4v) is 3.09. The lowest BCUT2D eigenvalue weighted by Gasteiger charge is -2.05. The zero-order valence-corrected chi connectivity index (χ0v) is 15.8. The number of oxazole rings is 1. The third kappa shape index (κ3) is 5.52. The molecule has 0 saturated heterocycles. The normalized spacial score (nSPS) is 10.6. The van der Waals surface area contributed by atoms with Crippen LogP contribution in [-0.4, -0.2) is 29.9 Å². The molecule has 0 radical (unpaired) electrons. The van der Waals surface area contributed by atoms with Crippen molar-refractivity contribution in [3.8, 4) is 11.5 Å². The summed E-state index contributed by atoms with van der Waals surface area (Å²) in [5, 5.41) is 9.17. The second-order valence-electron chi connectivity index (χ2n) is 6.13. The van der Waals surface area contributed by atoms with Crippen LogP contribution in [0.1, 0.15) is 28.0 Å². The average molecular weight is 383 g/mol. The maximum absolute atomic E-state index is 11.9. The molecule has 3 rings (SSSR count). The van der Waals surface area contributed by atoms with Crippen LogP contribution >= 0.6 is 11.3 Å². The molecule has 2 N–H and O–H groups in total. The van der Waals surface area contributed by atoms with Gasteiger partial charge in [-0.15, -0.1) is 0 Å². The molecule has 0 fully saturated rings. The van der Waals surface area contributed by atoms with E-state index in [1.807, 2.05) is 36.6 Å². The largest absolute Gasteiger partial charge is 0.444 e. The number of hydrogen-bond acceptors (Lipinski definition) is 5. The third-order valence-corrected chi connectivity index (χ3v) is 4.66. The summed E-state index contributed by atoms with van der Waals surface area (Å²) < 4.78 is 5.50. The lowest BCUT2D eigenvalue weighted by atomic mass is 10.1. The molecule has 6 nitrogen and oxygen atoms in total. The van der Waals surface area contributed by atoms with Crippen LogP contribution in [-0.2, 0) is 11.2 Å². The molecule has 0 aliphatic rings. The Labute approximate surface area is 161 Å². The van der Waals surface area contributed by atoms with Crippen LogP contribution < -0.4 is 10.6 Å². The number of benzene rings is 1. The van der Waals surface area contributed by atoms with Gasteiger partial charge in [0.1, 0.15) is 6.26 Å². The van der Waals surface area contributed by atoms with E-state index >= 15 is 0 Å². The maximum atomic E-state index is 11.9. The standard InChI is InChI=1S/C20H21N3O3S/c1-14-2-4-15(5-3-14)20-23-17(12-26-20)6-9-21-18(24)7-10-22-19(25)16-8-11-27-13-16/h2-5,8,11-13H,6-7,9-10H2,1H3,(H,21,24)(H,22,25). The SMILES string of the molecule is Cc1ccc(-c2nc(CCNC(=O)CCNC(=O)c3ccsc3)co2)cc1. The summed E-state index contributed by atoms with van der Waals surface area (Å²) in [6, 6.07) is 9.71. The van der Waals surface area contributed by atoms with Crippen LogP contribution in [0.15, 0.2) is 51.8 Å². The highest BCUT2D eigenvalue weighted by atomic mass is 32.1. The highest BCUT2D eigenvalue weighted by Crippen LogP contribution is 2.19. The molecule has 2 heterocycles. The van der Waals surface area contributed by atoms with Crippen LogP contribution in [0.4, 0.5) is 0 Å². The summed E-state index contributed by atoms with van der Waals surface area (Å²) in [6.45, 7) is 2.81. The first-order chi connectivity index (χ1) is 13.1. The van der Waals surface area contributed by atoms with Gasteiger partial charge < -0.3 is 15.1 Å². The molecule has 140 valence electrons. The molecule has 0 saturated carbocycles. The summed E-state index contributed by atoms with van der Waals surface area (Å²) in [6.07, 6.45) is 2.44. The van der Waals surface area contributed by atoms with E-state index in [1.54, 1.807) is 17.7 Å². The highest BCUT2D eigenvalue weighted by molar-refractivity contribution is 7.08. The highest BCUT2D eigenvalue weighted by Gasteiger charge is 2.09. The van der Waals surface area contributed by atoms with E-state index in [4.69, 9.17) is 4.42 Å². The molecule has 0 atom stereocenters. The predicted octanol–water partition coefficient (Wildman–Crippen LogP) is 3.19. The molecule has 3 aromatic rings. The van der Waals surface area contributed by atoms with Gasteiger partial charge in [-0.25, -0.2) is 4.98 Å². The van der Waals surface area contributed by atoms with E-state index in [2.05, 4.69) is 15.6 Å². The molecule has 2 amide bonds. The number of carbonyl (C=O) groups is 2. The van der Waals surface area contributed by atoms with Gasteiger partial charge in [-0.05, 0) is 30.5 Å². The number of aromatic nitrogens is 1. The van der Waals surface area contributed by atoms with Crippen LogP contribution in [0.25, 0.3) is 11.5 Å². The Kier molecular flexibility index (Phi) is 6.38. The maximum Gasteiger partial charge on any atom is 0.252 e. The molecular formula is C20H21N3O3S. The zero-order valence-electron chi connectivity index (χ0n) is 15.0. The van der Waals surface area contributed by atoms with Crippen molar-refractivity contribution in [3.05, 3.63) is 64.2 Å². The smallest absolute Gasteiger partial charge is 0.252 e.